The Kier molecular flexibility index (Phi) is 11.1. The fourth-order valence-corrected chi connectivity index (χ4v) is 4.81. The quantitative estimate of drug-likeness (QED) is 0.124. The van der Waals surface area contributed by atoms with Crippen LogP contribution in [-0.2, 0) is 27.3 Å². The highest BCUT2D eigenvalue weighted by molar-refractivity contribution is 6.08. The molecule has 234 valence electrons. The van der Waals surface area contributed by atoms with Crippen LogP contribution in [0.1, 0.15) is 86.7 Å². The molecule has 1 saturated carbocycles. The van der Waals surface area contributed by atoms with Gasteiger partial charge in [-0.05, 0) is 84.7 Å². The Hall–Kier alpha value is -4.96. The molecule has 0 saturated heterocycles. The van der Waals surface area contributed by atoms with Gasteiger partial charge in [0.15, 0.2) is 11.5 Å². The van der Waals surface area contributed by atoms with Crippen molar-refractivity contribution in [2.24, 2.45) is 5.92 Å². The molecule has 10 heteroatoms. The minimum Gasteiger partial charge on any atom is -0.466 e. The largest absolute Gasteiger partial charge is 0.466 e. The molecule has 0 spiro atoms. The number of nitrogens with zero attached hydrogens (tertiary/aromatic N) is 1. The van der Waals surface area contributed by atoms with Crippen LogP contribution in [0.3, 0.4) is 0 Å². The van der Waals surface area contributed by atoms with Crippen LogP contribution < -0.4 is 5.32 Å². The summed E-state index contributed by atoms with van der Waals surface area (Å²) in [4.78, 5) is 55.9. The number of ether oxygens (including phenoxy) is 2. The first-order valence-corrected chi connectivity index (χ1v) is 14.9. The first-order valence-electron chi connectivity index (χ1n) is 14.9. The summed E-state index contributed by atoms with van der Waals surface area (Å²) in [6.45, 7) is 7.68. The van der Waals surface area contributed by atoms with Crippen molar-refractivity contribution in [1.82, 2.24) is 10.3 Å². The number of rotatable bonds is 15. The Morgan fingerprint density at radius 1 is 1.02 bits per heavy atom. The molecular formula is C35H37N3O7. The summed E-state index contributed by atoms with van der Waals surface area (Å²) < 4.78 is 10.2. The number of aliphatic hydroxyl groups excluding tert-OH is 1. The van der Waals surface area contributed by atoms with E-state index in [9.17, 15) is 24.3 Å². The summed E-state index contributed by atoms with van der Waals surface area (Å²) in [5.41, 5.74) is 3.16. The first kappa shape index (κ1) is 32.9. The van der Waals surface area contributed by atoms with Crippen molar-refractivity contribution in [2.75, 3.05) is 19.8 Å². The normalized spacial score (nSPS) is 12.2. The van der Waals surface area contributed by atoms with Gasteiger partial charge in [-0.1, -0.05) is 36.9 Å². The van der Waals surface area contributed by atoms with Crippen molar-refractivity contribution in [3.63, 3.8) is 0 Å². The molecule has 1 amide bonds. The van der Waals surface area contributed by atoms with E-state index in [0.29, 0.717) is 40.3 Å². The number of hydrogen-bond acceptors (Lipinski definition) is 9. The van der Waals surface area contributed by atoms with Gasteiger partial charge in [-0.25, -0.2) is 9.78 Å². The summed E-state index contributed by atoms with van der Waals surface area (Å²) >= 11 is 0. The lowest BCUT2D eigenvalue weighted by Crippen LogP contribution is -2.27. The molecule has 0 radical (unpaired) electrons. The van der Waals surface area contributed by atoms with Gasteiger partial charge >= 0.3 is 11.9 Å². The Morgan fingerprint density at radius 2 is 1.73 bits per heavy atom. The number of nitrogens with one attached hydrogen (secondary N) is 2. The van der Waals surface area contributed by atoms with E-state index >= 15 is 0 Å². The number of pyridine rings is 1. The molecule has 1 aliphatic rings. The van der Waals surface area contributed by atoms with Crippen molar-refractivity contribution in [3.8, 4) is 11.1 Å². The van der Waals surface area contributed by atoms with Crippen LogP contribution >= 0.6 is 0 Å². The number of esters is 2. The molecule has 0 aliphatic heterocycles. The SMILES string of the molecule is C=Cc1cc(C(=O)Cc2ccc(C(=N)CC(=O)OCC)cc2)c(-c2ccc(C(=O)NCC3CC3)nc2C(=O)OCC)cc1CO. The van der Waals surface area contributed by atoms with Gasteiger partial charge in [0.2, 0.25) is 0 Å². The van der Waals surface area contributed by atoms with Crippen LogP contribution in [0.15, 0.2) is 55.1 Å². The van der Waals surface area contributed by atoms with Gasteiger partial charge in [0.25, 0.3) is 5.91 Å². The number of carbonyl (C=O) groups excluding carboxylic acids is 4. The zero-order valence-electron chi connectivity index (χ0n) is 25.5. The van der Waals surface area contributed by atoms with Crippen LogP contribution in [0.2, 0.25) is 0 Å². The Bertz CT molecular complexity index is 1620. The number of aliphatic hydroxyl groups is 1. The lowest BCUT2D eigenvalue weighted by molar-refractivity contribution is -0.141. The molecule has 2 aromatic carbocycles. The number of hydrogen-bond donors (Lipinski definition) is 3. The second-order valence-electron chi connectivity index (χ2n) is 10.7. The molecule has 1 aliphatic carbocycles. The van der Waals surface area contributed by atoms with Crippen molar-refractivity contribution in [2.45, 2.75) is 46.1 Å². The Balaban J connectivity index is 1.70. The van der Waals surface area contributed by atoms with Crippen LogP contribution in [0.5, 0.6) is 0 Å². The highest BCUT2D eigenvalue weighted by Crippen LogP contribution is 2.32. The zero-order valence-corrected chi connectivity index (χ0v) is 25.5. The van der Waals surface area contributed by atoms with E-state index in [1.807, 2.05) is 0 Å². The third-order valence-corrected chi connectivity index (χ3v) is 7.40. The minimum atomic E-state index is -0.748. The molecule has 1 heterocycles. The molecule has 10 nitrogen and oxygen atoms in total. The molecular weight excluding hydrogens is 574 g/mol. The Labute approximate surface area is 262 Å². The molecule has 0 atom stereocenters. The number of aromatic nitrogens is 1. The summed E-state index contributed by atoms with van der Waals surface area (Å²) in [5.74, 6) is -1.47. The van der Waals surface area contributed by atoms with Gasteiger partial charge in [0.1, 0.15) is 5.69 Å². The fraction of sp³-hybridized carbons (Fsp3) is 0.314. The van der Waals surface area contributed by atoms with Crippen molar-refractivity contribution >= 4 is 35.4 Å². The van der Waals surface area contributed by atoms with E-state index in [2.05, 4.69) is 16.9 Å². The fourth-order valence-electron chi connectivity index (χ4n) is 4.81. The van der Waals surface area contributed by atoms with Gasteiger partial charge in [-0.15, -0.1) is 0 Å². The molecule has 4 rings (SSSR count). The van der Waals surface area contributed by atoms with E-state index in [4.69, 9.17) is 14.9 Å². The summed E-state index contributed by atoms with van der Waals surface area (Å²) in [6.07, 6.45) is 3.49. The minimum absolute atomic E-state index is 0.0165. The maximum absolute atomic E-state index is 13.8. The summed E-state index contributed by atoms with van der Waals surface area (Å²) in [6, 6.07) is 13.1. The average Bonchev–Trinajstić information content (AvgIpc) is 3.88. The standard InChI is InChI=1S/C35H37N3O7/c1-4-23-16-28(31(40)15-21-9-11-24(12-10-21)29(36)18-32(41)44-5-2)27(17-25(23)20-39)26-13-14-30(34(42)37-19-22-7-8-22)38-33(26)35(43)45-6-3/h4,9-14,16-17,22,36,39H,1,5-8,15,18-20H2,2-3H3,(H,37,42). The molecule has 1 fully saturated rings. The van der Waals surface area contributed by atoms with Crippen LogP contribution in [0.25, 0.3) is 17.2 Å². The predicted molar refractivity (Wildman–Crippen MR) is 169 cm³/mol. The molecule has 1 aromatic heterocycles. The summed E-state index contributed by atoms with van der Waals surface area (Å²) in [7, 11) is 0. The van der Waals surface area contributed by atoms with E-state index < -0.39 is 17.8 Å². The summed E-state index contributed by atoms with van der Waals surface area (Å²) in [5, 5.41) is 21.1. The predicted octanol–water partition coefficient (Wildman–Crippen LogP) is 4.95. The Morgan fingerprint density at radius 3 is 2.36 bits per heavy atom. The number of Topliss-reactive ketones (excluding diaryl/α,β-unsaturated/α-hetero) is 1. The molecule has 45 heavy (non-hydrogen) atoms. The number of amides is 1. The number of ketones is 1. The highest BCUT2D eigenvalue weighted by atomic mass is 16.5. The lowest BCUT2D eigenvalue weighted by Gasteiger charge is -2.17. The maximum atomic E-state index is 13.8. The number of benzene rings is 2. The van der Waals surface area contributed by atoms with Crippen molar-refractivity contribution in [1.29, 1.82) is 5.41 Å². The molecule has 3 aromatic rings. The average molecular weight is 612 g/mol. The van der Waals surface area contributed by atoms with Crippen LogP contribution in [-0.4, -0.2) is 59.2 Å². The number of carbonyl (C=O) groups is 4. The third kappa shape index (κ3) is 8.36. The van der Waals surface area contributed by atoms with Crippen molar-refractivity contribution < 1.29 is 33.8 Å². The second-order valence-corrected chi connectivity index (χ2v) is 10.7. The molecule has 0 bridgehead atoms. The van der Waals surface area contributed by atoms with Gasteiger partial charge in [0, 0.05) is 29.8 Å². The van der Waals surface area contributed by atoms with E-state index in [0.717, 1.165) is 12.8 Å². The topological polar surface area (TPSA) is 156 Å². The van der Waals surface area contributed by atoms with Gasteiger partial charge in [0.05, 0.1) is 26.2 Å². The monoisotopic (exact) mass is 611 g/mol. The second kappa shape index (κ2) is 15.2. The molecule has 0 unspecified atom stereocenters. The highest BCUT2D eigenvalue weighted by Gasteiger charge is 2.26. The van der Waals surface area contributed by atoms with E-state index in [1.165, 1.54) is 12.1 Å². The zero-order chi connectivity index (χ0) is 32.5. The lowest BCUT2D eigenvalue weighted by atomic mass is 9.89. The van der Waals surface area contributed by atoms with Gasteiger partial charge in [-0.2, -0.15) is 0 Å². The van der Waals surface area contributed by atoms with Gasteiger partial charge in [-0.3, -0.25) is 14.4 Å². The van der Waals surface area contributed by atoms with E-state index in [-0.39, 0.29) is 66.7 Å². The van der Waals surface area contributed by atoms with E-state index in [1.54, 1.807) is 56.3 Å². The van der Waals surface area contributed by atoms with Crippen LogP contribution in [0, 0.1) is 11.3 Å². The smallest absolute Gasteiger partial charge is 0.357 e. The first-order chi connectivity index (χ1) is 21.7. The third-order valence-electron chi connectivity index (χ3n) is 7.40. The van der Waals surface area contributed by atoms with Gasteiger partial charge < -0.3 is 25.3 Å². The maximum Gasteiger partial charge on any atom is 0.357 e. The van der Waals surface area contributed by atoms with Crippen molar-refractivity contribution in [3.05, 3.63) is 94.3 Å². The van der Waals surface area contributed by atoms with Crippen LogP contribution in [0.4, 0.5) is 0 Å². The molecule has 3 N–H and O–H groups in total.